The lowest BCUT2D eigenvalue weighted by atomic mass is 10.1. The first-order valence-corrected chi connectivity index (χ1v) is 9.73. The Kier molecular flexibility index (Phi) is 6.29. The Hall–Kier alpha value is -2.89. The summed E-state index contributed by atoms with van der Waals surface area (Å²) in [5, 5.41) is 0. The first-order valence-electron chi connectivity index (χ1n) is 9.73. The number of carbonyl (C=O) groups is 2. The standard InChI is InChI=1S/C22H26FN3O2/c1-3-24(4-2)21(27)17-9-11-18(12-10-17)22(28)26-15-13-25(14-16-26)20-8-6-5-7-19(20)23/h5-12H,3-4,13-16H2,1-2H3. The first-order chi connectivity index (χ1) is 13.5. The zero-order valence-electron chi connectivity index (χ0n) is 16.4. The van der Waals surface area contributed by atoms with Gasteiger partial charge in [-0.05, 0) is 50.2 Å². The van der Waals surface area contributed by atoms with Crippen LogP contribution in [-0.4, -0.2) is 60.9 Å². The van der Waals surface area contributed by atoms with Gasteiger partial charge in [0.25, 0.3) is 11.8 Å². The molecular formula is C22H26FN3O2. The smallest absolute Gasteiger partial charge is 0.253 e. The molecular weight excluding hydrogens is 357 g/mol. The molecule has 1 saturated heterocycles. The van der Waals surface area contributed by atoms with Gasteiger partial charge < -0.3 is 14.7 Å². The van der Waals surface area contributed by atoms with Crippen molar-refractivity contribution in [2.24, 2.45) is 0 Å². The normalized spacial score (nSPS) is 14.1. The lowest BCUT2D eigenvalue weighted by Crippen LogP contribution is -2.49. The van der Waals surface area contributed by atoms with Gasteiger partial charge in [-0.2, -0.15) is 0 Å². The van der Waals surface area contributed by atoms with E-state index in [1.165, 1.54) is 6.07 Å². The quantitative estimate of drug-likeness (QED) is 0.796. The van der Waals surface area contributed by atoms with E-state index >= 15 is 0 Å². The van der Waals surface area contributed by atoms with Gasteiger partial charge in [-0.3, -0.25) is 9.59 Å². The van der Waals surface area contributed by atoms with Crippen LogP contribution >= 0.6 is 0 Å². The molecule has 2 aromatic carbocycles. The summed E-state index contributed by atoms with van der Waals surface area (Å²) in [6.07, 6.45) is 0. The largest absolute Gasteiger partial charge is 0.366 e. The zero-order valence-corrected chi connectivity index (χ0v) is 16.4. The van der Waals surface area contributed by atoms with Crippen LogP contribution in [-0.2, 0) is 0 Å². The summed E-state index contributed by atoms with van der Waals surface area (Å²) in [6.45, 7) is 7.45. The Morgan fingerprint density at radius 1 is 0.893 bits per heavy atom. The van der Waals surface area contributed by atoms with Crippen LogP contribution in [0.15, 0.2) is 48.5 Å². The molecule has 0 atom stereocenters. The molecule has 0 bridgehead atoms. The van der Waals surface area contributed by atoms with Crippen molar-refractivity contribution in [1.29, 1.82) is 0 Å². The Labute approximate surface area is 165 Å². The molecule has 2 amide bonds. The number of halogens is 1. The number of benzene rings is 2. The minimum absolute atomic E-state index is 0.0255. The Balaban J connectivity index is 1.62. The van der Waals surface area contributed by atoms with Gasteiger partial charge in [-0.25, -0.2) is 4.39 Å². The summed E-state index contributed by atoms with van der Waals surface area (Å²) in [5.41, 5.74) is 1.73. The second-order valence-electron chi connectivity index (χ2n) is 6.79. The Morgan fingerprint density at radius 3 is 2.04 bits per heavy atom. The van der Waals surface area contributed by atoms with E-state index in [4.69, 9.17) is 0 Å². The summed E-state index contributed by atoms with van der Waals surface area (Å²) in [6, 6.07) is 13.5. The number of nitrogens with zero attached hydrogens (tertiary/aromatic N) is 3. The van der Waals surface area contributed by atoms with Crippen molar-refractivity contribution >= 4 is 17.5 Å². The molecule has 0 radical (unpaired) electrons. The minimum atomic E-state index is -0.240. The van der Waals surface area contributed by atoms with Gasteiger partial charge in [0.2, 0.25) is 0 Å². The van der Waals surface area contributed by atoms with E-state index in [1.54, 1.807) is 46.2 Å². The predicted molar refractivity (Wildman–Crippen MR) is 108 cm³/mol. The van der Waals surface area contributed by atoms with Gasteiger partial charge in [0.1, 0.15) is 5.82 Å². The average molecular weight is 383 g/mol. The third-order valence-electron chi connectivity index (χ3n) is 5.19. The van der Waals surface area contributed by atoms with E-state index in [-0.39, 0.29) is 17.6 Å². The Bertz CT molecular complexity index is 826. The van der Waals surface area contributed by atoms with E-state index in [0.717, 1.165) is 0 Å². The topological polar surface area (TPSA) is 43.9 Å². The van der Waals surface area contributed by atoms with Crippen molar-refractivity contribution in [3.8, 4) is 0 Å². The molecule has 3 rings (SSSR count). The van der Waals surface area contributed by atoms with Gasteiger partial charge in [-0.15, -0.1) is 0 Å². The number of hydrogen-bond acceptors (Lipinski definition) is 3. The maximum absolute atomic E-state index is 14.0. The first kappa shape index (κ1) is 19.9. The summed E-state index contributed by atoms with van der Waals surface area (Å²) < 4.78 is 14.0. The van der Waals surface area contributed by atoms with Crippen molar-refractivity contribution < 1.29 is 14.0 Å². The third-order valence-corrected chi connectivity index (χ3v) is 5.19. The second-order valence-corrected chi connectivity index (χ2v) is 6.79. The molecule has 0 saturated carbocycles. The van der Waals surface area contributed by atoms with E-state index in [1.807, 2.05) is 24.8 Å². The molecule has 0 aliphatic carbocycles. The van der Waals surface area contributed by atoms with Gasteiger partial charge in [0.15, 0.2) is 0 Å². The van der Waals surface area contributed by atoms with Crippen molar-refractivity contribution in [1.82, 2.24) is 9.80 Å². The maximum Gasteiger partial charge on any atom is 0.253 e. The Morgan fingerprint density at radius 2 is 1.46 bits per heavy atom. The van der Waals surface area contributed by atoms with Crippen LogP contribution in [0.5, 0.6) is 0 Å². The van der Waals surface area contributed by atoms with Gasteiger partial charge in [0.05, 0.1) is 5.69 Å². The SMILES string of the molecule is CCN(CC)C(=O)c1ccc(C(=O)N2CCN(c3ccccc3F)CC2)cc1. The number of rotatable bonds is 5. The molecule has 1 heterocycles. The van der Waals surface area contributed by atoms with Crippen molar-refractivity contribution in [2.45, 2.75) is 13.8 Å². The number of piperazine rings is 1. The third kappa shape index (κ3) is 4.16. The predicted octanol–water partition coefficient (Wildman–Crippen LogP) is 3.27. The van der Waals surface area contributed by atoms with Gasteiger partial charge in [-0.1, -0.05) is 12.1 Å². The van der Waals surface area contributed by atoms with Crippen LogP contribution in [0.2, 0.25) is 0 Å². The van der Waals surface area contributed by atoms with Crippen LogP contribution in [0.4, 0.5) is 10.1 Å². The molecule has 0 unspecified atom stereocenters. The van der Waals surface area contributed by atoms with E-state index in [9.17, 15) is 14.0 Å². The molecule has 2 aromatic rings. The van der Waals surface area contributed by atoms with E-state index in [2.05, 4.69) is 0 Å². The minimum Gasteiger partial charge on any atom is -0.366 e. The van der Waals surface area contributed by atoms with Crippen LogP contribution < -0.4 is 4.90 Å². The number of anilines is 1. The summed E-state index contributed by atoms with van der Waals surface area (Å²) >= 11 is 0. The molecule has 1 aliphatic heterocycles. The van der Waals surface area contributed by atoms with Crippen LogP contribution in [0.3, 0.4) is 0 Å². The van der Waals surface area contributed by atoms with Crippen molar-refractivity contribution in [3.63, 3.8) is 0 Å². The van der Waals surface area contributed by atoms with Crippen LogP contribution in [0, 0.1) is 5.82 Å². The fourth-order valence-corrected chi connectivity index (χ4v) is 3.49. The summed E-state index contributed by atoms with van der Waals surface area (Å²) in [5.74, 6) is -0.326. The highest BCUT2D eigenvalue weighted by molar-refractivity contribution is 5.98. The highest BCUT2D eigenvalue weighted by Crippen LogP contribution is 2.21. The lowest BCUT2D eigenvalue weighted by molar-refractivity contribution is 0.0742. The molecule has 0 aromatic heterocycles. The molecule has 1 fully saturated rings. The van der Waals surface area contributed by atoms with Gasteiger partial charge in [0, 0.05) is 50.4 Å². The van der Waals surface area contributed by atoms with E-state index < -0.39 is 0 Å². The summed E-state index contributed by atoms with van der Waals surface area (Å²) in [4.78, 5) is 30.6. The van der Waals surface area contributed by atoms with Gasteiger partial charge >= 0.3 is 0 Å². The molecule has 5 nitrogen and oxygen atoms in total. The average Bonchev–Trinajstić information content (AvgIpc) is 2.74. The fraction of sp³-hybridized carbons (Fsp3) is 0.364. The number of para-hydroxylation sites is 1. The monoisotopic (exact) mass is 383 g/mol. The highest BCUT2D eigenvalue weighted by Gasteiger charge is 2.24. The number of amides is 2. The van der Waals surface area contributed by atoms with Crippen molar-refractivity contribution in [3.05, 3.63) is 65.5 Å². The second kappa shape index (κ2) is 8.87. The molecule has 0 N–H and O–H groups in total. The zero-order chi connectivity index (χ0) is 20.1. The van der Waals surface area contributed by atoms with Crippen LogP contribution in [0.1, 0.15) is 34.6 Å². The van der Waals surface area contributed by atoms with Crippen molar-refractivity contribution in [2.75, 3.05) is 44.2 Å². The van der Waals surface area contributed by atoms with Crippen LogP contribution in [0.25, 0.3) is 0 Å². The number of carbonyl (C=O) groups excluding carboxylic acids is 2. The number of hydrogen-bond donors (Lipinski definition) is 0. The summed E-state index contributed by atoms with van der Waals surface area (Å²) in [7, 11) is 0. The maximum atomic E-state index is 14.0. The fourth-order valence-electron chi connectivity index (χ4n) is 3.49. The molecule has 148 valence electrons. The lowest BCUT2D eigenvalue weighted by Gasteiger charge is -2.36. The molecule has 0 spiro atoms. The molecule has 28 heavy (non-hydrogen) atoms. The molecule has 6 heteroatoms. The highest BCUT2D eigenvalue weighted by atomic mass is 19.1. The molecule has 1 aliphatic rings. The van der Waals surface area contributed by atoms with E-state index in [0.29, 0.717) is 56.1 Å².